The molecule has 1 aromatic rings. The quantitative estimate of drug-likeness (QED) is 0.746. The fourth-order valence-corrected chi connectivity index (χ4v) is 1.91. The molecule has 1 N–H and O–H groups in total. The van der Waals surface area contributed by atoms with Crippen molar-refractivity contribution < 1.29 is 9.90 Å². The molecule has 0 fully saturated rings. The Balaban J connectivity index is 2.25. The number of hydrogen-bond donors (Lipinski definition) is 1. The topological polar surface area (TPSA) is 37.3 Å². The molecule has 1 aromatic carbocycles. The molecule has 0 atom stereocenters. The van der Waals surface area contributed by atoms with Gasteiger partial charge in [0.1, 0.15) is 0 Å². The highest BCUT2D eigenvalue weighted by molar-refractivity contribution is 5.70. The molecule has 0 saturated heterocycles. The van der Waals surface area contributed by atoms with Crippen LogP contribution >= 0.6 is 0 Å². The molecule has 0 radical (unpaired) electrons. The standard InChI is InChI=1S/C11H12O2/c12-11(13)7-8-4-5-9-2-1-3-10(9)6-8/h4-6H,1-3,7H2,(H,12,13). The van der Waals surface area contributed by atoms with Crippen LogP contribution in [0.2, 0.25) is 0 Å². The monoisotopic (exact) mass is 176 g/mol. The maximum Gasteiger partial charge on any atom is 0.307 e. The Bertz CT molecular complexity index is 342. The van der Waals surface area contributed by atoms with Gasteiger partial charge in [0.15, 0.2) is 0 Å². The van der Waals surface area contributed by atoms with E-state index in [9.17, 15) is 4.79 Å². The lowest BCUT2D eigenvalue weighted by Gasteiger charge is -2.01. The summed E-state index contributed by atoms with van der Waals surface area (Å²) < 4.78 is 0. The number of aliphatic carboxylic acids is 1. The molecule has 1 aliphatic carbocycles. The number of rotatable bonds is 2. The third-order valence-electron chi connectivity index (χ3n) is 2.52. The van der Waals surface area contributed by atoms with Gasteiger partial charge < -0.3 is 5.11 Å². The first-order chi connectivity index (χ1) is 6.25. The molecule has 1 aliphatic rings. The number of carboxylic acid groups (broad SMARTS) is 1. The Hall–Kier alpha value is -1.31. The van der Waals surface area contributed by atoms with E-state index < -0.39 is 5.97 Å². The van der Waals surface area contributed by atoms with Crippen LogP contribution < -0.4 is 0 Å². The van der Waals surface area contributed by atoms with Gasteiger partial charge in [-0.1, -0.05) is 18.2 Å². The van der Waals surface area contributed by atoms with E-state index in [0.717, 1.165) is 18.4 Å². The molecule has 0 bridgehead atoms. The van der Waals surface area contributed by atoms with Crippen molar-refractivity contribution >= 4 is 5.97 Å². The van der Waals surface area contributed by atoms with Gasteiger partial charge in [-0.25, -0.2) is 0 Å². The second-order valence-corrected chi connectivity index (χ2v) is 3.53. The van der Waals surface area contributed by atoms with Gasteiger partial charge in [-0.05, 0) is 36.0 Å². The van der Waals surface area contributed by atoms with Crippen molar-refractivity contribution in [1.82, 2.24) is 0 Å². The minimum atomic E-state index is -0.752. The second kappa shape index (κ2) is 3.21. The Labute approximate surface area is 77.2 Å². The van der Waals surface area contributed by atoms with Crippen LogP contribution in [0.25, 0.3) is 0 Å². The van der Waals surface area contributed by atoms with Gasteiger partial charge >= 0.3 is 5.97 Å². The number of benzene rings is 1. The first-order valence-corrected chi connectivity index (χ1v) is 4.58. The van der Waals surface area contributed by atoms with Gasteiger partial charge in [-0.2, -0.15) is 0 Å². The summed E-state index contributed by atoms with van der Waals surface area (Å²) >= 11 is 0. The number of carboxylic acids is 1. The predicted octanol–water partition coefficient (Wildman–Crippen LogP) is 1.80. The Morgan fingerprint density at radius 1 is 1.31 bits per heavy atom. The van der Waals surface area contributed by atoms with Crippen molar-refractivity contribution in [2.24, 2.45) is 0 Å². The summed E-state index contributed by atoms with van der Waals surface area (Å²) in [6, 6.07) is 6.04. The van der Waals surface area contributed by atoms with E-state index in [0.29, 0.717) is 0 Å². The molecule has 0 saturated carbocycles. The normalized spacial score (nSPS) is 14.2. The SMILES string of the molecule is O=C(O)Cc1ccc2c(c1)CCC2. The van der Waals surface area contributed by atoms with E-state index in [4.69, 9.17) is 5.11 Å². The number of fused-ring (bicyclic) bond motifs is 1. The smallest absolute Gasteiger partial charge is 0.307 e. The first-order valence-electron chi connectivity index (χ1n) is 4.58. The van der Waals surface area contributed by atoms with Gasteiger partial charge in [0.2, 0.25) is 0 Å². The summed E-state index contributed by atoms with van der Waals surface area (Å²) in [6.45, 7) is 0. The maximum atomic E-state index is 10.5. The zero-order valence-corrected chi connectivity index (χ0v) is 7.42. The number of carbonyl (C=O) groups is 1. The molecule has 2 nitrogen and oxygen atoms in total. The largest absolute Gasteiger partial charge is 0.481 e. The minimum Gasteiger partial charge on any atom is -0.481 e. The predicted molar refractivity (Wildman–Crippen MR) is 49.8 cm³/mol. The van der Waals surface area contributed by atoms with E-state index >= 15 is 0 Å². The molecule has 68 valence electrons. The average molecular weight is 176 g/mol. The van der Waals surface area contributed by atoms with Crippen LogP contribution in [0.15, 0.2) is 18.2 Å². The summed E-state index contributed by atoms with van der Waals surface area (Å²) in [7, 11) is 0. The fraction of sp³-hybridized carbons (Fsp3) is 0.364. The van der Waals surface area contributed by atoms with Gasteiger partial charge in [0, 0.05) is 0 Å². The summed E-state index contributed by atoms with van der Waals surface area (Å²) in [5.74, 6) is -0.752. The minimum absolute atomic E-state index is 0.146. The van der Waals surface area contributed by atoms with Crippen LogP contribution in [0.1, 0.15) is 23.1 Å². The van der Waals surface area contributed by atoms with Crippen LogP contribution in [-0.2, 0) is 24.1 Å². The van der Waals surface area contributed by atoms with E-state index in [1.165, 1.54) is 17.5 Å². The number of aryl methyl sites for hydroxylation is 2. The Kier molecular flexibility index (Phi) is 2.05. The highest BCUT2D eigenvalue weighted by Crippen LogP contribution is 2.22. The highest BCUT2D eigenvalue weighted by Gasteiger charge is 2.11. The van der Waals surface area contributed by atoms with E-state index in [1.807, 2.05) is 12.1 Å². The molecule has 2 rings (SSSR count). The molecule has 0 heterocycles. The van der Waals surface area contributed by atoms with Gasteiger partial charge in [-0.15, -0.1) is 0 Å². The summed E-state index contributed by atoms with van der Waals surface area (Å²) in [4.78, 5) is 10.5. The van der Waals surface area contributed by atoms with Crippen LogP contribution in [0, 0.1) is 0 Å². The van der Waals surface area contributed by atoms with Crippen molar-refractivity contribution in [2.75, 3.05) is 0 Å². The molecule has 0 spiro atoms. The molecular formula is C11H12O2. The van der Waals surface area contributed by atoms with Crippen molar-refractivity contribution in [1.29, 1.82) is 0 Å². The summed E-state index contributed by atoms with van der Waals surface area (Å²) in [5.41, 5.74) is 3.67. The van der Waals surface area contributed by atoms with Crippen LogP contribution in [0.5, 0.6) is 0 Å². The van der Waals surface area contributed by atoms with Crippen molar-refractivity contribution in [3.05, 3.63) is 34.9 Å². The van der Waals surface area contributed by atoms with E-state index in [-0.39, 0.29) is 6.42 Å². The molecule has 0 unspecified atom stereocenters. The zero-order chi connectivity index (χ0) is 9.26. The Morgan fingerprint density at radius 2 is 2.08 bits per heavy atom. The lowest BCUT2D eigenvalue weighted by molar-refractivity contribution is -0.136. The van der Waals surface area contributed by atoms with Crippen molar-refractivity contribution in [2.45, 2.75) is 25.7 Å². The molecule has 2 heteroatoms. The molecular weight excluding hydrogens is 164 g/mol. The van der Waals surface area contributed by atoms with Crippen molar-refractivity contribution in [3.63, 3.8) is 0 Å². The van der Waals surface area contributed by atoms with Gasteiger partial charge in [-0.3, -0.25) is 4.79 Å². The maximum absolute atomic E-state index is 10.5. The summed E-state index contributed by atoms with van der Waals surface area (Å²) in [5, 5.41) is 8.62. The van der Waals surface area contributed by atoms with Crippen LogP contribution in [-0.4, -0.2) is 11.1 Å². The zero-order valence-electron chi connectivity index (χ0n) is 7.42. The Morgan fingerprint density at radius 3 is 2.85 bits per heavy atom. The third kappa shape index (κ3) is 1.72. The lowest BCUT2D eigenvalue weighted by Crippen LogP contribution is -2.00. The van der Waals surface area contributed by atoms with Crippen LogP contribution in [0.4, 0.5) is 0 Å². The molecule has 13 heavy (non-hydrogen) atoms. The number of hydrogen-bond acceptors (Lipinski definition) is 1. The van der Waals surface area contributed by atoms with Gasteiger partial charge in [0.05, 0.1) is 6.42 Å². The first kappa shape index (κ1) is 8.30. The molecule has 0 aliphatic heterocycles. The summed E-state index contributed by atoms with van der Waals surface area (Å²) in [6.07, 6.45) is 3.63. The van der Waals surface area contributed by atoms with Crippen LogP contribution in [0.3, 0.4) is 0 Å². The van der Waals surface area contributed by atoms with E-state index in [2.05, 4.69) is 6.07 Å². The van der Waals surface area contributed by atoms with E-state index in [1.54, 1.807) is 0 Å². The highest BCUT2D eigenvalue weighted by atomic mass is 16.4. The van der Waals surface area contributed by atoms with Gasteiger partial charge in [0.25, 0.3) is 0 Å². The fourth-order valence-electron chi connectivity index (χ4n) is 1.91. The van der Waals surface area contributed by atoms with Crippen molar-refractivity contribution in [3.8, 4) is 0 Å². The lowest BCUT2D eigenvalue weighted by atomic mass is 10.0. The second-order valence-electron chi connectivity index (χ2n) is 3.53. The average Bonchev–Trinajstić information content (AvgIpc) is 2.49. The molecule has 0 amide bonds. The third-order valence-corrected chi connectivity index (χ3v) is 2.52. The molecule has 0 aromatic heterocycles.